The highest BCUT2D eigenvalue weighted by Gasteiger charge is 2.26. The lowest BCUT2D eigenvalue weighted by molar-refractivity contribution is -0.135. The molecule has 4 nitrogen and oxygen atoms in total. The van der Waals surface area contributed by atoms with Gasteiger partial charge in [0.15, 0.2) is 0 Å². The second kappa shape index (κ2) is 6.08. The van der Waals surface area contributed by atoms with Crippen molar-refractivity contribution < 1.29 is 9.90 Å². The summed E-state index contributed by atoms with van der Waals surface area (Å²) >= 11 is 0. The Morgan fingerprint density at radius 3 is 2.93 bits per heavy atom. The summed E-state index contributed by atoms with van der Waals surface area (Å²) in [6, 6.07) is 0. The predicted molar refractivity (Wildman–Crippen MR) is 59.5 cm³/mol. The molecule has 1 aliphatic rings. The van der Waals surface area contributed by atoms with Gasteiger partial charge in [0.2, 0.25) is 5.91 Å². The van der Waals surface area contributed by atoms with Crippen molar-refractivity contribution in [3.05, 3.63) is 0 Å². The van der Waals surface area contributed by atoms with Crippen LogP contribution in [0.2, 0.25) is 0 Å². The lowest BCUT2D eigenvalue weighted by Crippen LogP contribution is -2.46. The van der Waals surface area contributed by atoms with Gasteiger partial charge in [-0.25, -0.2) is 0 Å². The number of carbonyl (C=O) groups is 1. The van der Waals surface area contributed by atoms with Gasteiger partial charge in [0.1, 0.15) is 0 Å². The smallest absolute Gasteiger partial charge is 0.223 e. The standard InChI is InChI=1S/C11H22N2O2/c1-3-12-6-4-11(15)13-7-5-9(2)10(14)8-13/h9-10,12,14H,3-8H2,1-2H3. The van der Waals surface area contributed by atoms with E-state index in [1.165, 1.54) is 0 Å². The Kier molecular flexibility index (Phi) is 5.05. The molecule has 0 radical (unpaired) electrons. The molecule has 1 fully saturated rings. The van der Waals surface area contributed by atoms with E-state index in [-0.39, 0.29) is 12.0 Å². The zero-order valence-corrected chi connectivity index (χ0v) is 9.70. The fourth-order valence-electron chi connectivity index (χ4n) is 1.81. The minimum absolute atomic E-state index is 0.155. The van der Waals surface area contributed by atoms with Crippen LogP contribution in [0.4, 0.5) is 0 Å². The first-order chi connectivity index (χ1) is 7.15. The van der Waals surface area contributed by atoms with Crippen LogP contribution in [0.3, 0.4) is 0 Å². The number of β-amino-alcohol motifs (C(OH)–C–C–N with tert-alkyl or cyclic N) is 1. The molecule has 0 bridgehead atoms. The van der Waals surface area contributed by atoms with Crippen LogP contribution in [0.25, 0.3) is 0 Å². The summed E-state index contributed by atoms with van der Waals surface area (Å²) in [5.41, 5.74) is 0. The van der Waals surface area contributed by atoms with E-state index in [1.54, 1.807) is 4.90 Å². The van der Waals surface area contributed by atoms with Crippen molar-refractivity contribution in [2.45, 2.75) is 32.8 Å². The molecule has 0 spiro atoms. The summed E-state index contributed by atoms with van der Waals surface area (Å²) in [6.45, 7) is 6.99. The van der Waals surface area contributed by atoms with E-state index in [0.29, 0.717) is 18.9 Å². The lowest BCUT2D eigenvalue weighted by atomic mass is 9.96. The van der Waals surface area contributed by atoms with Crippen LogP contribution in [0, 0.1) is 5.92 Å². The molecule has 1 amide bonds. The van der Waals surface area contributed by atoms with Crippen LogP contribution in [0.1, 0.15) is 26.7 Å². The van der Waals surface area contributed by atoms with Crippen LogP contribution in [0.5, 0.6) is 0 Å². The lowest BCUT2D eigenvalue weighted by Gasteiger charge is -2.34. The quantitative estimate of drug-likeness (QED) is 0.658. The number of nitrogens with zero attached hydrogens (tertiary/aromatic N) is 1. The Hall–Kier alpha value is -0.610. The molecular formula is C11H22N2O2. The first kappa shape index (κ1) is 12.5. The highest BCUT2D eigenvalue weighted by Crippen LogP contribution is 2.17. The van der Waals surface area contributed by atoms with Gasteiger partial charge >= 0.3 is 0 Å². The van der Waals surface area contributed by atoms with E-state index >= 15 is 0 Å². The molecule has 1 aliphatic heterocycles. The maximum absolute atomic E-state index is 11.7. The molecule has 15 heavy (non-hydrogen) atoms. The fraction of sp³-hybridized carbons (Fsp3) is 0.909. The van der Waals surface area contributed by atoms with E-state index in [1.807, 2.05) is 13.8 Å². The number of aliphatic hydroxyl groups excluding tert-OH is 1. The molecule has 2 unspecified atom stereocenters. The molecule has 1 rings (SSSR count). The van der Waals surface area contributed by atoms with Gasteiger partial charge in [-0.3, -0.25) is 4.79 Å². The van der Waals surface area contributed by atoms with Gasteiger partial charge < -0.3 is 15.3 Å². The number of hydrogen-bond donors (Lipinski definition) is 2. The molecule has 0 aromatic rings. The summed E-state index contributed by atoms with van der Waals surface area (Å²) in [6.07, 6.45) is 1.10. The maximum atomic E-state index is 11.7. The Balaban J connectivity index is 2.28. The number of hydrogen-bond acceptors (Lipinski definition) is 3. The largest absolute Gasteiger partial charge is 0.391 e. The number of likely N-dealkylation sites (tertiary alicyclic amines) is 1. The van der Waals surface area contributed by atoms with Crippen molar-refractivity contribution >= 4 is 5.91 Å². The normalized spacial score (nSPS) is 26.7. The number of amides is 1. The van der Waals surface area contributed by atoms with Crippen LogP contribution in [-0.2, 0) is 4.79 Å². The second-order valence-electron chi connectivity index (χ2n) is 4.28. The van der Waals surface area contributed by atoms with Crippen molar-refractivity contribution in [2.24, 2.45) is 5.92 Å². The van der Waals surface area contributed by atoms with Crippen LogP contribution in [-0.4, -0.2) is 48.2 Å². The predicted octanol–water partition coefficient (Wildman–Crippen LogP) is 0.215. The van der Waals surface area contributed by atoms with Crippen molar-refractivity contribution in [2.75, 3.05) is 26.2 Å². The summed E-state index contributed by atoms with van der Waals surface area (Å²) < 4.78 is 0. The Labute approximate surface area is 91.6 Å². The van der Waals surface area contributed by atoms with Gasteiger partial charge in [-0.1, -0.05) is 13.8 Å². The molecule has 0 aromatic heterocycles. The number of rotatable bonds is 4. The maximum Gasteiger partial charge on any atom is 0.223 e. The van der Waals surface area contributed by atoms with Crippen LogP contribution < -0.4 is 5.32 Å². The van der Waals surface area contributed by atoms with Crippen molar-refractivity contribution in [1.82, 2.24) is 10.2 Å². The Bertz CT molecular complexity index is 209. The van der Waals surface area contributed by atoms with Crippen LogP contribution >= 0.6 is 0 Å². The molecule has 4 heteroatoms. The monoisotopic (exact) mass is 214 g/mol. The van der Waals surface area contributed by atoms with Crippen molar-refractivity contribution in [3.8, 4) is 0 Å². The highest BCUT2D eigenvalue weighted by molar-refractivity contribution is 5.76. The number of aliphatic hydroxyl groups is 1. The third kappa shape index (κ3) is 3.80. The minimum Gasteiger partial charge on any atom is -0.391 e. The van der Waals surface area contributed by atoms with Gasteiger partial charge in [0.25, 0.3) is 0 Å². The molecule has 0 aliphatic carbocycles. The molecule has 88 valence electrons. The first-order valence-electron chi connectivity index (χ1n) is 5.81. The molecule has 0 aromatic carbocycles. The molecular weight excluding hydrogens is 192 g/mol. The zero-order chi connectivity index (χ0) is 11.3. The molecule has 1 saturated heterocycles. The number of carbonyl (C=O) groups excluding carboxylic acids is 1. The fourth-order valence-corrected chi connectivity index (χ4v) is 1.81. The first-order valence-corrected chi connectivity index (χ1v) is 5.81. The van der Waals surface area contributed by atoms with E-state index < -0.39 is 0 Å². The Morgan fingerprint density at radius 2 is 2.33 bits per heavy atom. The third-order valence-electron chi connectivity index (χ3n) is 3.04. The molecule has 2 atom stereocenters. The second-order valence-corrected chi connectivity index (χ2v) is 4.28. The number of piperidine rings is 1. The van der Waals surface area contributed by atoms with Crippen molar-refractivity contribution in [3.63, 3.8) is 0 Å². The minimum atomic E-state index is -0.346. The summed E-state index contributed by atoms with van der Waals surface area (Å²) in [5.74, 6) is 0.477. The van der Waals surface area contributed by atoms with E-state index in [2.05, 4.69) is 5.32 Å². The summed E-state index contributed by atoms with van der Waals surface area (Å²) in [5, 5.41) is 12.8. The van der Waals surface area contributed by atoms with Gasteiger partial charge in [-0.2, -0.15) is 0 Å². The zero-order valence-electron chi connectivity index (χ0n) is 9.70. The summed E-state index contributed by atoms with van der Waals surface area (Å²) in [7, 11) is 0. The van der Waals surface area contributed by atoms with Crippen LogP contribution in [0.15, 0.2) is 0 Å². The average Bonchev–Trinajstić information content (AvgIpc) is 2.22. The highest BCUT2D eigenvalue weighted by atomic mass is 16.3. The van der Waals surface area contributed by atoms with Crippen molar-refractivity contribution in [1.29, 1.82) is 0 Å². The van der Waals surface area contributed by atoms with Gasteiger partial charge in [0, 0.05) is 26.1 Å². The Morgan fingerprint density at radius 1 is 1.60 bits per heavy atom. The topological polar surface area (TPSA) is 52.6 Å². The third-order valence-corrected chi connectivity index (χ3v) is 3.04. The number of nitrogens with one attached hydrogen (secondary N) is 1. The van der Waals surface area contributed by atoms with Gasteiger partial charge in [-0.15, -0.1) is 0 Å². The SMILES string of the molecule is CCNCCC(=O)N1CCC(C)C(O)C1. The van der Waals surface area contributed by atoms with E-state index in [0.717, 1.165) is 26.1 Å². The average molecular weight is 214 g/mol. The summed E-state index contributed by atoms with van der Waals surface area (Å²) in [4.78, 5) is 13.5. The molecule has 0 saturated carbocycles. The molecule has 1 heterocycles. The van der Waals surface area contributed by atoms with E-state index in [4.69, 9.17) is 0 Å². The van der Waals surface area contributed by atoms with Gasteiger partial charge in [0.05, 0.1) is 6.10 Å². The van der Waals surface area contributed by atoms with Gasteiger partial charge in [-0.05, 0) is 18.9 Å². The molecule has 2 N–H and O–H groups in total. The van der Waals surface area contributed by atoms with E-state index in [9.17, 15) is 9.90 Å².